The van der Waals surface area contributed by atoms with E-state index in [-0.39, 0.29) is 6.04 Å². The molecule has 0 aliphatic carbocycles. The van der Waals surface area contributed by atoms with Gasteiger partial charge in [0, 0.05) is 22.6 Å². The smallest absolute Gasteiger partial charge is 0.0981 e. The molecule has 2 heterocycles. The van der Waals surface area contributed by atoms with Crippen LogP contribution in [0.3, 0.4) is 0 Å². The lowest BCUT2D eigenvalue weighted by Crippen LogP contribution is -2.30. The summed E-state index contributed by atoms with van der Waals surface area (Å²) in [7, 11) is 1.90. The second kappa shape index (κ2) is 4.44. The number of aromatic nitrogens is 2. The molecule has 0 bridgehead atoms. The molecule has 3 N–H and O–H groups in total. The highest BCUT2D eigenvalue weighted by Crippen LogP contribution is 2.32. The van der Waals surface area contributed by atoms with Crippen LogP contribution in [0.15, 0.2) is 28.2 Å². The van der Waals surface area contributed by atoms with Crippen molar-refractivity contribution in [2.24, 2.45) is 12.9 Å². The zero-order valence-electron chi connectivity index (χ0n) is 8.14. The predicted octanol–water partition coefficient (Wildman–Crippen LogP) is 1.80. The fourth-order valence-corrected chi connectivity index (χ4v) is 3.15. The summed E-state index contributed by atoms with van der Waals surface area (Å²) >= 11 is 5.16. The maximum atomic E-state index is 5.59. The van der Waals surface area contributed by atoms with Gasteiger partial charge in [0.2, 0.25) is 0 Å². The van der Waals surface area contributed by atoms with Gasteiger partial charge < -0.3 is 0 Å². The summed E-state index contributed by atoms with van der Waals surface area (Å²) in [6.07, 6.45) is 1.77. The van der Waals surface area contributed by atoms with E-state index in [1.807, 2.05) is 29.2 Å². The molecular weight excluding hydrogens is 276 g/mol. The Morgan fingerprint density at radius 3 is 2.87 bits per heavy atom. The van der Waals surface area contributed by atoms with Crippen LogP contribution in [-0.2, 0) is 7.05 Å². The summed E-state index contributed by atoms with van der Waals surface area (Å²) in [6, 6.07) is 3.95. The standard InChI is InChI=1S/C9H11BrN4S/c1-14-7(2-4-12-14)8(13-11)9-6(10)3-5-15-9/h2-5,8,13H,11H2,1H3. The Morgan fingerprint density at radius 2 is 2.40 bits per heavy atom. The van der Waals surface area contributed by atoms with Crippen molar-refractivity contribution in [3.05, 3.63) is 38.8 Å². The molecule has 0 saturated carbocycles. The molecule has 0 fully saturated rings. The Bertz CT molecular complexity index is 410. The average molecular weight is 287 g/mol. The van der Waals surface area contributed by atoms with Gasteiger partial charge in [-0.2, -0.15) is 5.10 Å². The quantitative estimate of drug-likeness (QED) is 0.668. The van der Waals surface area contributed by atoms with Crippen molar-refractivity contribution in [2.45, 2.75) is 6.04 Å². The summed E-state index contributed by atoms with van der Waals surface area (Å²) in [6.45, 7) is 0. The van der Waals surface area contributed by atoms with Crippen molar-refractivity contribution < 1.29 is 0 Å². The van der Waals surface area contributed by atoms with Crippen LogP contribution in [0.5, 0.6) is 0 Å². The van der Waals surface area contributed by atoms with Crippen LogP contribution in [0.25, 0.3) is 0 Å². The van der Waals surface area contributed by atoms with E-state index in [4.69, 9.17) is 5.84 Å². The fourth-order valence-electron chi connectivity index (χ4n) is 1.47. The average Bonchev–Trinajstić information content (AvgIpc) is 2.80. The van der Waals surface area contributed by atoms with E-state index in [1.165, 1.54) is 0 Å². The minimum absolute atomic E-state index is 0.0214. The van der Waals surface area contributed by atoms with Crippen molar-refractivity contribution in [2.75, 3.05) is 0 Å². The second-order valence-electron chi connectivity index (χ2n) is 3.11. The summed E-state index contributed by atoms with van der Waals surface area (Å²) in [5.41, 5.74) is 3.85. The van der Waals surface area contributed by atoms with Crippen LogP contribution in [0.4, 0.5) is 0 Å². The van der Waals surface area contributed by atoms with Crippen LogP contribution in [0, 0.1) is 0 Å². The second-order valence-corrected chi connectivity index (χ2v) is 4.91. The van der Waals surface area contributed by atoms with E-state index in [0.717, 1.165) is 15.0 Å². The molecule has 6 heteroatoms. The van der Waals surface area contributed by atoms with Crippen LogP contribution < -0.4 is 11.3 Å². The van der Waals surface area contributed by atoms with Crippen molar-refractivity contribution in [3.8, 4) is 0 Å². The van der Waals surface area contributed by atoms with Gasteiger partial charge in [0.25, 0.3) is 0 Å². The van der Waals surface area contributed by atoms with Crippen molar-refractivity contribution in [1.82, 2.24) is 15.2 Å². The topological polar surface area (TPSA) is 55.9 Å². The molecule has 0 aliphatic rings. The Morgan fingerprint density at radius 1 is 1.60 bits per heavy atom. The molecule has 0 radical (unpaired) electrons. The fraction of sp³-hybridized carbons (Fsp3) is 0.222. The normalized spacial score (nSPS) is 13.0. The Labute approximate surface area is 100 Å². The first kappa shape index (κ1) is 10.8. The molecule has 1 atom stereocenters. The first-order chi connectivity index (χ1) is 7.24. The summed E-state index contributed by atoms with van der Waals surface area (Å²) in [4.78, 5) is 1.15. The molecule has 1 unspecified atom stereocenters. The van der Waals surface area contributed by atoms with Gasteiger partial charge in [0.05, 0.1) is 11.7 Å². The number of hydrogen-bond acceptors (Lipinski definition) is 4. The largest absolute Gasteiger partial charge is 0.271 e. The Hall–Kier alpha value is -0.690. The number of nitrogens with one attached hydrogen (secondary N) is 1. The molecule has 2 aromatic rings. The van der Waals surface area contributed by atoms with Gasteiger partial charge in [0.1, 0.15) is 0 Å². The monoisotopic (exact) mass is 286 g/mol. The van der Waals surface area contributed by atoms with Crippen molar-refractivity contribution in [3.63, 3.8) is 0 Å². The number of nitrogens with two attached hydrogens (primary N) is 1. The summed E-state index contributed by atoms with van der Waals surface area (Å²) < 4.78 is 2.88. The lowest BCUT2D eigenvalue weighted by Gasteiger charge is -2.15. The Kier molecular flexibility index (Phi) is 3.20. The van der Waals surface area contributed by atoms with Crippen LogP contribution >= 0.6 is 27.3 Å². The molecule has 0 saturated heterocycles. The molecule has 0 spiro atoms. The molecule has 80 valence electrons. The zero-order valence-corrected chi connectivity index (χ0v) is 10.5. The van der Waals surface area contributed by atoms with Crippen molar-refractivity contribution >= 4 is 27.3 Å². The predicted molar refractivity (Wildman–Crippen MR) is 64.4 cm³/mol. The van der Waals surface area contributed by atoms with Crippen LogP contribution in [0.2, 0.25) is 0 Å². The highest BCUT2D eigenvalue weighted by atomic mass is 79.9. The molecule has 0 aromatic carbocycles. The van der Waals surface area contributed by atoms with Gasteiger partial charge in [0.15, 0.2) is 0 Å². The van der Waals surface area contributed by atoms with Gasteiger partial charge in [-0.05, 0) is 33.4 Å². The third-order valence-electron chi connectivity index (χ3n) is 2.23. The van der Waals surface area contributed by atoms with E-state index in [2.05, 4.69) is 26.5 Å². The van der Waals surface area contributed by atoms with E-state index >= 15 is 0 Å². The van der Waals surface area contributed by atoms with Gasteiger partial charge >= 0.3 is 0 Å². The van der Waals surface area contributed by atoms with Gasteiger partial charge in [-0.3, -0.25) is 10.5 Å². The number of hydrogen-bond donors (Lipinski definition) is 2. The van der Waals surface area contributed by atoms with Gasteiger partial charge in [-0.25, -0.2) is 5.43 Å². The molecule has 0 amide bonds. The molecule has 0 aliphatic heterocycles. The lowest BCUT2D eigenvalue weighted by atomic mass is 10.2. The number of thiophene rings is 1. The third-order valence-corrected chi connectivity index (χ3v) is 4.16. The number of aryl methyl sites for hydroxylation is 1. The lowest BCUT2D eigenvalue weighted by molar-refractivity contribution is 0.580. The number of rotatable bonds is 3. The third kappa shape index (κ3) is 1.98. The van der Waals surface area contributed by atoms with Crippen LogP contribution in [0.1, 0.15) is 16.6 Å². The van der Waals surface area contributed by atoms with Crippen LogP contribution in [-0.4, -0.2) is 9.78 Å². The molecule has 4 nitrogen and oxygen atoms in total. The Balaban J connectivity index is 2.41. The van der Waals surface area contributed by atoms with E-state index in [9.17, 15) is 0 Å². The maximum absolute atomic E-state index is 5.59. The first-order valence-corrected chi connectivity index (χ1v) is 6.08. The molecule has 15 heavy (non-hydrogen) atoms. The molecular formula is C9H11BrN4S. The summed E-state index contributed by atoms with van der Waals surface area (Å²) in [5.74, 6) is 5.59. The highest BCUT2D eigenvalue weighted by molar-refractivity contribution is 9.10. The molecule has 2 rings (SSSR count). The van der Waals surface area contributed by atoms with Gasteiger partial charge in [-0.15, -0.1) is 11.3 Å². The minimum Gasteiger partial charge on any atom is -0.271 e. The van der Waals surface area contributed by atoms with E-state index < -0.39 is 0 Å². The maximum Gasteiger partial charge on any atom is 0.0981 e. The number of halogens is 1. The number of hydrazine groups is 1. The van der Waals surface area contributed by atoms with E-state index in [1.54, 1.807) is 17.5 Å². The van der Waals surface area contributed by atoms with Crippen molar-refractivity contribution in [1.29, 1.82) is 0 Å². The van der Waals surface area contributed by atoms with Gasteiger partial charge in [-0.1, -0.05) is 0 Å². The SMILES string of the molecule is Cn1nccc1C(NN)c1sccc1Br. The van der Waals surface area contributed by atoms with E-state index in [0.29, 0.717) is 0 Å². The zero-order chi connectivity index (χ0) is 10.8. The minimum atomic E-state index is -0.0214. The molecule has 2 aromatic heterocycles. The highest BCUT2D eigenvalue weighted by Gasteiger charge is 2.19. The first-order valence-electron chi connectivity index (χ1n) is 4.41. The number of nitrogens with zero attached hydrogens (tertiary/aromatic N) is 2. The summed E-state index contributed by atoms with van der Waals surface area (Å²) in [5, 5.41) is 6.16.